The van der Waals surface area contributed by atoms with E-state index in [-0.39, 0.29) is 5.97 Å². The number of methoxy groups -OCH3 is 1. The maximum atomic E-state index is 12.0. The Morgan fingerprint density at radius 1 is 0.970 bits per heavy atom. The Bertz CT molecular complexity index is 1080. The highest BCUT2D eigenvalue weighted by Gasteiger charge is 2.23. The Labute approximate surface area is 222 Å². The van der Waals surface area contributed by atoms with Crippen LogP contribution in [0.4, 0.5) is 0 Å². The van der Waals surface area contributed by atoms with Crippen molar-refractivity contribution in [3.8, 4) is 11.5 Å². The van der Waals surface area contributed by atoms with Crippen molar-refractivity contribution in [2.75, 3.05) is 20.7 Å². The lowest BCUT2D eigenvalue weighted by atomic mass is 10.1. The van der Waals surface area contributed by atoms with E-state index >= 15 is 0 Å². The Morgan fingerprint density at radius 3 is 2.33 bits per heavy atom. The zero-order valence-electron chi connectivity index (χ0n) is 18.9. The van der Waals surface area contributed by atoms with Gasteiger partial charge in [-0.15, -0.1) is 0 Å². The zero-order chi connectivity index (χ0) is 23.8. The molecule has 33 heavy (non-hydrogen) atoms. The van der Waals surface area contributed by atoms with E-state index in [2.05, 4.69) is 62.2 Å². The number of hydrogen-bond acceptors (Lipinski definition) is 5. The van der Waals surface area contributed by atoms with Gasteiger partial charge in [-0.25, -0.2) is 0 Å². The van der Waals surface area contributed by atoms with Gasteiger partial charge in [0.05, 0.1) is 7.11 Å². The van der Waals surface area contributed by atoms with E-state index in [1.54, 1.807) is 7.11 Å². The summed E-state index contributed by atoms with van der Waals surface area (Å²) in [5.41, 5.74) is 3.19. The molecule has 0 aliphatic carbocycles. The van der Waals surface area contributed by atoms with Crippen LogP contribution in [0.1, 0.15) is 29.7 Å². The van der Waals surface area contributed by atoms with Gasteiger partial charge in [0, 0.05) is 32.7 Å². The normalized spacial score (nSPS) is 11.8. The molecule has 0 radical (unpaired) electrons. The summed E-state index contributed by atoms with van der Waals surface area (Å²) < 4.78 is 19.6. The van der Waals surface area contributed by atoms with Crippen molar-refractivity contribution in [3.63, 3.8) is 0 Å². The van der Waals surface area contributed by atoms with Crippen LogP contribution in [-0.2, 0) is 22.7 Å². The first-order valence-electron chi connectivity index (χ1n) is 10.5. The highest BCUT2D eigenvalue weighted by Crippen LogP contribution is 2.36. The molecule has 1 unspecified atom stereocenters. The van der Waals surface area contributed by atoms with Gasteiger partial charge in [-0.3, -0.25) is 9.69 Å². The minimum atomic E-state index is -0.439. The fourth-order valence-corrected chi connectivity index (χ4v) is 4.81. The second-order valence-electron chi connectivity index (χ2n) is 7.69. The van der Waals surface area contributed by atoms with E-state index in [9.17, 15) is 4.79 Å². The summed E-state index contributed by atoms with van der Waals surface area (Å²) in [5, 5.41) is 0. The number of esters is 1. The molecule has 0 fully saturated rings. The summed E-state index contributed by atoms with van der Waals surface area (Å²) in [6.45, 7) is 3.16. The third-order valence-corrected chi connectivity index (χ3v) is 7.04. The maximum absolute atomic E-state index is 12.0. The number of hydrogen-bond donors (Lipinski definition) is 0. The number of carbonyl (C=O) groups excluding carboxylic acids is 1. The van der Waals surface area contributed by atoms with Crippen molar-refractivity contribution >= 4 is 51.2 Å². The first-order chi connectivity index (χ1) is 15.9. The Morgan fingerprint density at radius 2 is 1.67 bits per heavy atom. The Kier molecular flexibility index (Phi) is 9.81. The summed E-state index contributed by atoms with van der Waals surface area (Å²) in [7, 11) is 3.65. The van der Waals surface area contributed by atoms with Crippen molar-refractivity contribution in [3.05, 3.63) is 90.6 Å². The van der Waals surface area contributed by atoms with E-state index in [0.717, 1.165) is 21.2 Å². The third kappa shape index (κ3) is 7.58. The fourth-order valence-electron chi connectivity index (χ4n) is 3.47. The van der Waals surface area contributed by atoms with Crippen LogP contribution in [-0.4, -0.2) is 31.6 Å². The first kappa shape index (κ1) is 25.8. The first-order valence-corrected chi connectivity index (χ1v) is 12.7. The number of likely N-dealkylation sites (N-methyl/N-ethyl adjacent to an activating group) is 1. The average Bonchev–Trinajstić information content (AvgIpc) is 2.79. The van der Waals surface area contributed by atoms with Crippen LogP contribution in [0.15, 0.2) is 66.7 Å². The minimum absolute atomic E-state index is 0.318. The summed E-state index contributed by atoms with van der Waals surface area (Å²) >= 11 is 4.60. The number of nitrogens with zero attached hydrogens (tertiary/aromatic N) is 1. The summed E-state index contributed by atoms with van der Waals surface area (Å²) in [6, 6.07) is 22.1. The highest BCUT2D eigenvalue weighted by molar-refractivity contribution is 14.1. The number of halogens is 2. The second-order valence-corrected chi connectivity index (χ2v) is 10.0. The molecule has 0 amide bonds. The molecule has 0 bridgehead atoms. The predicted octanol–water partition coefficient (Wildman–Crippen LogP) is 6.22. The molecule has 0 N–H and O–H groups in total. The lowest BCUT2D eigenvalue weighted by molar-refractivity contribution is -0.147. The third-order valence-electron chi connectivity index (χ3n) is 5.05. The quantitative estimate of drug-likeness (QED) is 0.189. The standard InChI is InChI=1S/C26H27I2NO4/c1-18(30)33-26(16-29(2)15-20-11-7-8-12-22(20)27)21-13-25(24(31-3)14-23(21)28)32-17-19-9-5-4-6-10-19/h4-14,26H,15-17H2,1-3H3. The summed E-state index contributed by atoms with van der Waals surface area (Å²) in [6.07, 6.45) is -0.439. The molecule has 3 aromatic carbocycles. The molecule has 5 nitrogen and oxygen atoms in total. The summed E-state index contributed by atoms with van der Waals surface area (Å²) in [5.74, 6) is 0.947. The SMILES string of the molecule is COc1cc(I)c(C(CN(C)Cc2ccccc2I)OC(C)=O)cc1OCc1ccccc1. The molecule has 0 saturated carbocycles. The molecule has 0 spiro atoms. The Hall–Kier alpha value is -1.85. The molecule has 174 valence electrons. The maximum Gasteiger partial charge on any atom is 0.303 e. The number of benzene rings is 3. The molecule has 0 aromatic heterocycles. The van der Waals surface area contributed by atoms with Crippen molar-refractivity contribution in [1.82, 2.24) is 4.90 Å². The molecular formula is C26H27I2NO4. The Balaban J connectivity index is 1.84. The fraction of sp³-hybridized carbons (Fsp3) is 0.269. The van der Waals surface area contributed by atoms with Gasteiger partial charge in [0.2, 0.25) is 0 Å². The van der Waals surface area contributed by atoms with Gasteiger partial charge in [0.15, 0.2) is 11.5 Å². The molecule has 0 saturated heterocycles. The van der Waals surface area contributed by atoms with Crippen LogP contribution < -0.4 is 9.47 Å². The molecular weight excluding hydrogens is 644 g/mol. The second kappa shape index (κ2) is 12.6. The number of ether oxygens (including phenoxy) is 3. The van der Waals surface area contributed by atoms with Gasteiger partial charge in [-0.05, 0) is 81.6 Å². The van der Waals surface area contributed by atoms with Crippen molar-refractivity contribution < 1.29 is 19.0 Å². The molecule has 0 aliphatic heterocycles. The van der Waals surface area contributed by atoms with Crippen LogP contribution in [0, 0.1) is 7.14 Å². The van der Waals surface area contributed by atoms with E-state index in [4.69, 9.17) is 14.2 Å². The van der Waals surface area contributed by atoms with Gasteiger partial charge in [-0.2, -0.15) is 0 Å². The topological polar surface area (TPSA) is 48.0 Å². The van der Waals surface area contributed by atoms with Gasteiger partial charge in [-0.1, -0.05) is 48.5 Å². The monoisotopic (exact) mass is 671 g/mol. The van der Waals surface area contributed by atoms with Gasteiger partial charge < -0.3 is 14.2 Å². The highest BCUT2D eigenvalue weighted by atomic mass is 127. The largest absolute Gasteiger partial charge is 0.493 e. The molecule has 0 heterocycles. The van der Waals surface area contributed by atoms with Gasteiger partial charge >= 0.3 is 5.97 Å². The number of carbonyl (C=O) groups is 1. The minimum Gasteiger partial charge on any atom is -0.493 e. The van der Waals surface area contributed by atoms with Crippen LogP contribution in [0.5, 0.6) is 11.5 Å². The molecule has 0 aliphatic rings. The van der Waals surface area contributed by atoms with E-state index < -0.39 is 6.10 Å². The van der Waals surface area contributed by atoms with E-state index in [1.807, 2.05) is 61.6 Å². The van der Waals surface area contributed by atoms with Crippen molar-refractivity contribution in [1.29, 1.82) is 0 Å². The lowest BCUT2D eigenvalue weighted by Crippen LogP contribution is -2.27. The van der Waals surface area contributed by atoms with Crippen LogP contribution in [0.2, 0.25) is 0 Å². The predicted molar refractivity (Wildman–Crippen MR) is 146 cm³/mol. The molecule has 7 heteroatoms. The van der Waals surface area contributed by atoms with E-state index in [0.29, 0.717) is 24.7 Å². The molecule has 1 atom stereocenters. The molecule has 3 aromatic rings. The molecule has 3 rings (SSSR count). The average molecular weight is 671 g/mol. The number of rotatable bonds is 10. The van der Waals surface area contributed by atoms with E-state index in [1.165, 1.54) is 16.1 Å². The van der Waals surface area contributed by atoms with Crippen LogP contribution >= 0.6 is 45.2 Å². The summed E-state index contributed by atoms with van der Waals surface area (Å²) in [4.78, 5) is 14.1. The zero-order valence-corrected chi connectivity index (χ0v) is 23.2. The lowest BCUT2D eigenvalue weighted by Gasteiger charge is -2.26. The van der Waals surface area contributed by atoms with Crippen molar-refractivity contribution in [2.45, 2.75) is 26.2 Å². The van der Waals surface area contributed by atoms with Crippen molar-refractivity contribution in [2.24, 2.45) is 0 Å². The van der Waals surface area contributed by atoms with Gasteiger partial charge in [0.25, 0.3) is 0 Å². The smallest absolute Gasteiger partial charge is 0.303 e. The van der Waals surface area contributed by atoms with Crippen LogP contribution in [0.3, 0.4) is 0 Å². The van der Waals surface area contributed by atoms with Crippen LogP contribution in [0.25, 0.3) is 0 Å². The van der Waals surface area contributed by atoms with Gasteiger partial charge in [0.1, 0.15) is 12.7 Å².